The van der Waals surface area contributed by atoms with E-state index in [1.807, 2.05) is 6.92 Å². The average Bonchev–Trinajstić information content (AvgIpc) is 2.96. The molecule has 2 aliphatic heterocycles. The van der Waals surface area contributed by atoms with Gasteiger partial charge in [0.15, 0.2) is 0 Å². The van der Waals surface area contributed by atoms with Crippen molar-refractivity contribution in [1.82, 2.24) is 9.80 Å². The molecular weight excluding hydrogens is 332 g/mol. The third-order valence-corrected chi connectivity index (χ3v) is 5.90. The summed E-state index contributed by atoms with van der Waals surface area (Å²) in [4.78, 5) is 28.3. The first-order valence-corrected chi connectivity index (χ1v) is 9.41. The fourth-order valence-corrected chi connectivity index (χ4v) is 4.45. The molecule has 0 bridgehead atoms. The second-order valence-corrected chi connectivity index (χ2v) is 7.84. The highest BCUT2D eigenvalue weighted by atomic mass is 16.4. The number of hydrogen-bond donors (Lipinski definition) is 2. The number of piperidine rings is 1. The lowest BCUT2D eigenvalue weighted by Crippen LogP contribution is -2.44. The quantitative estimate of drug-likeness (QED) is 0.862. The van der Waals surface area contributed by atoms with Crippen LogP contribution in [0.4, 0.5) is 0 Å². The third-order valence-electron chi connectivity index (χ3n) is 5.90. The van der Waals surface area contributed by atoms with Crippen molar-refractivity contribution in [3.05, 3.63) is 29.3 Å². The van der Waals surface area contributed by atoms with E-state index in [2.05, 4.69) is 11.8 Å². The van der Waals surface area contributed by atoms with Crippen molar-refractivity contribution >= 4 is 11.9 Å². The molecule has 2 fully saturated rings. The third kappa shape index (κ3) is 3.56. The molecule has 3 rings (SSSR count). The summed E-state index contributed by atoms with van der Waals surface area (Å²) in [5, 5.41) is 19.5. The molecule has 1 amide bonds. The van der Waals surface area contributed by atoms with Crippen LogP contribution in [0, 0.1) is 12.3 Å². The summed E-state index contributed by atoms with van der Waals surface area (Å²) in [5.74, 6) is -0.862. The van der Waals surface area contributed by atoms with E-state index in [1.165, 1.54) is 0 Å². The molecule has 0 unspecified atom stereocenters. The Morgan fingerprint density at radius 3 is 2.58 bits per heavy atom. The highest BCUT2D eigenvalue weighted by Gasteiger charge is 2.48. The van der Waals surface area contributed by atoms with Crippen molar-refractivity contribution in [1.29, 1.82) is 0 Å². The minimum absolute atomic E-state index is 0.0103. The van der Waals surface area contributed by atoms with E-state index < -0.39 is 12.0 Å². The minimum atomic E-state index is -0.737. The van der Waals surface area contributed by atoms with E-state index in [4.69, 9.17) is 0 Å². The number of aryl methyl sites for hydroxylation is 1. The number of aromatic hydroxyl groups is 1. The van der Waals surface area contributed by atoms with Crippen LogP contribution in [0.3, 0.4) is 0 Å². The predicted octanol–water partition coefficient (Wildman–Crippen LogP) is 2.49. The number of carboxylic acids is 1. The van der Waals surface area contributed by atoms with Crippen molar-refractivity contribution in [2.75, 3.05) is 26.2 Å². The summed E-state index contributed by atoms with van der Waals surface area (Å²) >= 11 is 0. The molecule has 2 heterocycles. The number of carbonyl (C=O) groups is 2. The van der Waals surface area contributed by atoms with Crippen LogP contribution < -0.4 is 0 Å². The van der Waals surface area contributed by atoms with Crippen LogP contribution in [0.15, 0.2) is 18.2 Å². The van der Waals surface area contributed by atoms with Crippen LogP contribution in [-0.2, 0) is 4.79 Å². The summed E-state index contributed by atoms with van der Waals surface area (Å²) in [5.41, 5.74) is 1.28. The van der Waals surface area contributed by atoms with Crippen LogP contribution in [0.5, 0.6) is 5.75 Å². The summed E-state index contributed by atoms with van der Waals surface area (Å²) in [6.07, 6.45) is 3.24. The van der Waals surface area contributed by atoms with E-state index in [9.17, 15) is 19.8 Å². The van der Waals surface area contributed by atoms with Gasteiger partial charge in [-0.15, -0.1) is 0 Å². The van der Waals surface area contributed by atoms with E-state index in [0.717, 1.165) is 37.9 Å². The molecule has 0 saturated carbocycles. The maximum absolute atomic E-state index is 12.8. The zero-order valence-corrected chi connectivity index (χ0v) is 15.6. The number of phenols is 1. The number of rotatable bonds is 4. The van der Waals surface area contributed by atoms with Gasteiger partial charge in [0.05, 0.1) is 5.56 Å². The van der Waals surface area contributed by atoms with Crippen molar-refractivity contribution in [2.45, 2.75) is 45.6 Å². The second kappa shape index (κ2) is 7.27. The number of likely N-dealkylation sites (tertiary alicyclic amines) is 2. The number of phenolic OH excluding ortho intramolecular Hbond substituents is 1. The first-order valence-electron chi connectivity index (χ1n) is 9.41. The largest absolute Gasteiger partial charge is 0.507 e. The molecular formula is C20H28N2O4. The van der Waals surface area contributed by atoms with Crippen molar-refractivity contribution in [3.63, 3.8) is 0 Å². The van der Waals surface area contributed by atoms with Gasteiger partial charge in [0.2, 0.25) is 0 Å². The minimum Gasteiger partial charge on any atom is -0.507 e. The van der Waals surface area contributed by atoms with Crippen LogP contribution in [-0.4, -0.2) is 64.1 Å². The molecule has 0 aliphatic carbocycles. The number of carboxylic acid groups (broad SMARTS) is 1. The van der Waals surface area contributed by atoms with Gasteiger partial charge >= 0.3 is 5.97 Å². The van der Waals surface area contributed by atoms with Gasteiger partial charge in [0, 0.05) is 19.6 Å². The molecule has 6 heteroatoms. The van der Waals surface area contributed by atoms with E-state index in [0.29, 0.717) is 25.1 Å². The number of nitrogens with zero attached hydrogens (tertiary/aromatic N) is 2. The van der Waals surface area contributed by atoms with Crippen LogP contribution in [0.1, 0.15) is 48.5 Å². The Bertz CT molecular complexity index is 695. The Kier molecular flexibility index (Phi) is 5.23. The maximum atomic E-state index is 12.8. The number of benzene rings is 1. The fourth-order valence-electron chi connectivity index (χ4n) is 4.45. The van der Waals surface area contributed by atoms with Gasteiger partial charge in [-0.25, -0.2) is 0 Å². The Hall–Kier alpha value is -2.08. The van der Waals surface area contributed by atoms with Crippen molar-refractivity contribution < 1.29 is 19.8 Å². The Morgan fingerprint density at radius 1 is 1.27 bits per heavy atom. The number of carbonyl (C=O) groups excluding carboxylic acids is 1. The van der Waals surface area contributed by atoms with Gasteiger partial charge in [-0.1, -0.05) is 18.6 Å². The summed E-state index contributed by atoms with van der Waals surface area (Å²) in [6, 6.07) is 4.66. The van der Waals surface area contributed by atoms with Crippen LogP contribution >= 0.6 is 0 Å². The molecule has 6 nitrogen and oxygen atoms in total. The highest BCUT2D eigenvalue weighted by molar-refractivity contribution is 5.97. The lowest BCUT2D eigenvalue weighted by atomic mass is 9.76. The fraction of sp³-hybridized carbons (Fsp3) is 0.600. The Morgan fingerprint density at radius 2 is 1.96 bits per heavy atom. The molecule has 2 aliphatic rings. The van der Waals surface area contributed by atoms with Crippen molar-refractivity contribution in [2.24, 2.45) is 5.41 Å². The molecule has 2 N–H and O–H groups in total. The van der Waals surface area contributed by atoms with Gasteiger partial charge in [-0.2, -0.15) is 0 Å². The first-order chi connectivity index (χ1) is 12.3. The standard InChI is InChI=1S/C20H28N2O4/c1-3-8-22-13-20(12-16(22)19(25)26)6-9-21(10-7-20)18(24)15-11-14(2)4-5-17(15)23/h4-5,11,16,23H,3,6-10,12-13H2,1-2H3,(H,25,26)/t16-/m1/s1. The van der Waals surface area contributed by atoms with E-state index in [-0.39, 0.29) is 17.1 Å². The zero-order chi connectivity index (χ0) is 18.9. The first kappa shape index (κ1) is 18.7. The number of amides is 1. The van der Waals surface area contributed by atoms with Crippen LogP contribution in [0.25, 0.3) is 0 Å². The lowest BCUT2D eigenvalue weighted by molar-refractivity contribution is -0.142. The summed E-state index contributed by atoms with van der Waals surface area (Å²) in [7, 11) is 0. The maximum Gasteiger partial charge on any atom is 0.320 e. The summed E-state index contributed by atoms with van der Waals surface area (Å²) in [6.45, 7) is 6.79. The normalized spacial score (nSPS) is 22.7. The van der Waals surface area contributed by atoms with Gasteiger partial charge in [0.1, 0.15) is 11.8 Å². The van der Waals surface area contributed by atoms with E-state index in [1.54, 1.807) is 23.1 Å². The molecule has 1 atom stereocenters. The Balaban J connectivity index is 1.68. The lowest BCUT2D eigenvalue weighted by Gasteiger charge is -2.39. The average molecular weight is 360 g/mol. The second-order valence-electron chi connectivity index (χ2n) is 7.84. The molecule has 2 saturated heterocycles. The van der Waals surface area contributed by atoms with Crippen LogP contribution in [0.2, 0.25) is 0 Å². The van der Waals surface area contributed by atoms with Gasteiger partial charge in [0.25, 0.3) is 5.91 Å². The number of hydrogen-bond acceptors (Lipinski definition) is 4. The zero-order valence-electron chi connectivity index (χ0n) is 15.6. The molecule has 0 radical (unpaired) electrons. The highest BCUT2D eigenvalue weighted by Crippen LogP contribution is 2.43. The SMILES string of the molecule is CCCN1CC2(CCN(C(=O)c3cc(C)ccc3O)CC2)C[C@@H]1C(=O)O. The summed E-state index contributed by atoms with van der Waals surface area (Å²) < 4.78 is 0. The van der Waals surface area contributed by atoms with Crippen molar-refractivity contribution in [3.8, 4) is 5.75 Å². The van der Waals surface area contributed by atoms with Gasteiger partial charge in [-0.05, 0) is 56.7 Å². The van der Waals surface area contributed by atoms with Gasteiger partial charge < -0.3 is 15.1 Å². The molecule has 0 aromatic heterocycles. The smallest absolute Gasteiger partial charge is 0.320 e. The number of aliphatic carboxylic acids is 1. The predicted molar refractivity (Wildman–Crippen MR) is 98.3 cm³/mol. The van der Waals surface area contributed by atoms with Gasteiger partial charge in [-0.3, -0.25) is 14.5 Å². The molecule has 1 aromatic rings. The molecule has 26 heavy (non-hydrogen) atoms. The molecule has 1 spiro atoms. The molecule has 142 valence electrons. The topological polar surface area (TPSA) is 81.1 Å². The van der Waals surface area contributed by atoms with E-state index >= 15 is 0 Å². The monoisotopic (exact) mass is 360 g/mol. The molecule has 1 aromatic carbocycles. The Labute approximate surface area is 154 Å².